The number of ether oxygens (including phenoxy) is 2. The third kappa shape index (κ3) is 6.46. The third-order valence-electron chi connectivity index (χ3n) is 6.40. The van der Waals surface area contributed by atoms with E-state index in [2.05, 4.69) is 5.32 Å². The van der Waals surface area contributed by atoms with Crippen molar-refractivity contribution in [1.82, 2.24) is 9.80 Å². The number of amides is 2. The van der Waals surface area contributed by atoms with Crippen LogP contribution >= 0.6 is 12.2 Å². The van der Waals surface area contributed by atoms with Crippen molar-refractivity contribution in [2.45, 2.75) is 25.3 Å². The molecule has 0 bridgehead atoms. The van der Waals surface area contributed by atoms with E-state index in [1.807, 2.05) is 83.8 Å². The van der Waals surface area contributed by atoms with Crippen LogP contribution in [0.5, 0.6) is 11.5 Å². The zero-order chi connectivity index (χ0) is 26.2. The molecule has 1 atom stereocenters. The summed E-state index contributed by atoms with van der Waals surface area (Å²) in [7, 11) is 3.20. The molecule has 2 amide bonds. The first kappa shape index (κ1) is 26.2. The number of methoxy groups -OCH3 is 2. The Morgan fingerprint density at radius 3 is 2.19 bits per heavy atom. The molecule has 3 aromatic rings. The van der Waals surface area contributed by atoms with Crippen molar-refractivity contribution in [3.8, 4) is 11.5 Å². The summed E-state index contributed by atoms with van der Waals surface area (Å²) >= 11 is 5.77. The molecule has 37 heavy (non-hydrogen) atoms. The van der Waals surface area contributed by atoms with Crippen LogP contribution in [-0.2, 0) is 22.4 Å². The SMILES string of the molecule is COc1ccc(CCN2C(=S)N(CCc3ccccc3)C(=O)C2CC(=O)Nc2ccccc2)cc1OC. The fourth-order valence-electron chi connectivity index (χ4n) is 4.43. The van der Waals surface area contributed by atoms with Crippen molar-refractivity contribution in [2.75, 3.05) is 32.6 Å². The van der Waals surface area contributed by atoms with Gasteiger partial charge in [0, 0.05) is 18.8 Å². The van der Waals surface area contributed by atoms with Crippen molar-refractivity contribution in [1.29, 1.82) is 0 Å². The summed E-state index contributed by atoms with van der Waals surface area (Å²) in [5.74, 6) is 0.925. The van der Waals surface area contributed by atoms with Crippen molar-refractivity contribution in [2.24, 2.45) is 0 Å². The number of nitrogens with one attached hydrogen (secondary N) is 1. The van der Waals surface area contributed by atoms with Crippen LogP contribution in [0.25, 0.3) is 0 Å². The molecule has 0 aliphatic carbocycles. The highest BCUT2D eigenvalue weighted by Crippen LogP contribution is 2.29. The predicted octanol–water partition coefficient (Wildman–Crippen LogP) is 4.32. The Kier molecular flexibility index (Phi) is 8.74. The Labute approximate surface area is 223 Å². The molecule has 1 aliphatic rings. The van der Waals surface area contributed by atoms with Crippen LogP contribution in [0, 0.1) is 0 Å². The lowest BCUT2D eigenvalue weighted by Crippen LogP contribution is -2.39. The van der Waals surface area contributed by atoms with E-state index in [4.69, 9.17) is 21.7 Å². The standard InChI is InChI=1S/C29H31N3O4S/c1-35-25-14-13-22(19-26(25)36-2)16-17-31-24(20-27(33)30-23-11-7-4-8-12-23)28(34)32(29(31)37)18-15-21-9-5-3-6-10-21/h3-14,19,24H,15-18,20H2,1-2H3,(H,30,33). The van der Waals surface area contributed by atoms with Crippen LogP contribution in [0.4, 0.5) is 5.69 Å². The number of nitrogens with zero attached hydrogens (tertiary/aromatic N) is 2. The second-order valence-electron chi connectivity index (χ2n) is 8.77. The van der Waals surface area contributed by atoms with Crippen LogP contribution in [0.15, 0.2) is 78.9 Å². The lowest BCUT2D eigenvalue weighted by molar-refractivity contribution is -0.130. The quantitative estimate of drug-likeness (QED) is 0.382. The number of para-hydroxylation sites is 1. The second-order valence-corrected chi connectivity index (χ2v) is 9.14. The molecule has 0 aromatic heterocycles. The van der Waals surface area contributed by atoms with E-state index in [1.165, 1.54) is 0 Å². The number of carbonyl (C=O) groups is 2. The number of carbonyl (C=O) groups excluding carboxylic acids is 2. The average Bonchev–Trinajstić information content (AvgIpc) is 3.14. The molecule has 8 heteroatoms. The summed E-state index contributed by atoms with van der Waals surface area (Å²) < 4.78 is 10.8. The first-order chi connectivity index (χ1) is 18.0. The number of benzene rings is 3. The van der Waals surface area contributed by atoms with E-state index in [1.54, 1.807) is 19.1 Å². The van der Waals surface area contributed by atoms with E-state index in [-0.39, 0.29) is 18.2 Å². The molecule has 1 heterocycles. The van der Waals surface area contributed by atoms with Gasteiger partial charge in [-0.15, -0.1) is 0 Å². The van der Waals surface area contributed by atoms with Gasteiger partial charge in [-0.1, -0.05) is 54.6 Å². The summed E-state index contributed by atoms with van der Waals surface area (Å²) in [5, 5.41) is 3.35. The second kappa shape index (κ2) is 12.4. The van der Waals surface area contributed by atoms with Crippen LogP contribution < -0.4 is 14.8 Å². The Balaban J connectivity index is 1.50. The van der Waals surface area contributed by atoms with Gasteiger partial charge in [0.2, 0.25) is 5.91 Å². The van der Waals surface area contributed by atoms with E-state index < -0.39 is 6.04 Å². The smallest absolute Gasteiger partial charge is 0.252 e. The van der Waals surface area contributed by atoms with Gasteiger partial charge in [0.1, 0.15) is 6.04 Å². The molecular weight excluding hydrogens is 486 g/mol. The number of anilines is 1. The largest absolute Gasteiger partial charge is 0.493 e. The normalized spacial score (nSPS) is 15.1. The van der Waals surface area contributed by atoms with E-state index in [0.717, 1.165) is 11.1 Å². The van der Waals surface area contributed by atoms with E-state index >= 15 is 0 Å². The molecule has 1 N–H and O–H groups in total. The number of hydrogen-bond acceptors (Lipinski definition) is 5. The average molecular weight is 518 g/mol. The molecule has 4 rings (SSSR count). The monoisotopic (exact) mass is 517 g/mol. The maximum Gasteiger partial charge on any atom is 0.252 e. The van der Waals surface area contributed by atoms with Crippen molar-refractivity contribution < 1.29 is 19.1 Å². The number of hydrogen-bond donors (Lipinski definition) is 1. The molecule has 192 valence electrons. The molecule has 1 fully saturated rings. The molecular formula is C29H31N3O4S. The fourth-order valence-corrected chi connectivity index (χ4v) is 4.83. The van der Waals surface area contributed by atoms with Gasteiger partial charge >= 0.3 is 0 Å². The maximum atomic E-state index is 13.5. The maximum absolute atomic E-state index is 13.5. The van der Waals surface area contributed by atoms with E-state index in [9.17, 15) is 9.59 Å². The summed E-state index contributed by atoms with van der Waals surface area (Å²) in [5.41, 5.74) is 2.83. The van der Waals surface area contributed by atoms with Crippen molar-refractivity contribution in [3.05, 3.63) is 90.0 Å². The summed E-state index contributed by atoms with van der Waals surface area (Å²) in [6.07, 6.45) is 1.32. The van der Waals surface area contributed by atoms with Gasteiger partial charge in [-0.3, -0.25) is 14.5 Å². The Bertz CT molecular complexity index is 1240. The Hall–Kier alpha value is -3.91. The highest BCUT2D eigenvalue weighted by molar-refractivity contribution is 7.80. The zero-order valence-electron chi connectivity index (χ0n) is 21.1. The van der Waals surface area contributed by atoms with Crippen LogP contribution in [0.3, 0.4) is 0 Å². The topological polar surface area (TPSA) is 71.1 Å². The zero-order valence-corrected chi connectivity index (χ0v) is 21.9. The minimum atomic E-state index is -0.660. The van der Waals surface area contributed by atoms with Gasteiger partial charge in [0.05, 0.1) is 20.6 Å². The van der Waals surface area contributed by atoms with Crippen molar-refractivity contribution in [3.63, 3.8) is 0 Å². The first-order valence-corrected chi connectivity index (χ1v) is 12.6. The molecule has 0 radical (unpaired) electrons. The molecule has 1 aliphatic heterocycles. The van der Waals surface area contributed by atoms with E-state index in [0.29, 0.717) is 48.2 Å². The molecule has 0 spiro atoms. The first-order valence-electron chi connectivity index (χ1n) is 12.2. The van der Waals surface area contributed by atoms with Crippen LogP contribution in [0.2, 0.25) is 0 Å². The number of thiocarbonyl (C=S) groups is 1. The van der Waals surface area contributed by atoms with Gasteiger partial charge in [-0.05, 0) is 60.5 Å². The molecule has 1 saturated heterocycles. The molecule has 7 nitrogen and oxygen atoms in total. The van der Waals surface area contributed by atoms with Gasteiger partial charge in [-0.25, -0.2) is 0 Å². The minimum Gasteiger partial charge on any atom is -0.493 e. The highest BCUT2D eigenvalue weighted by atomic mass is 32.1. The third-order valence-corrected chi connectivity index (χ3v) is 6.85. The highest BCUT2D eigenvalue weighted by Gasteiger charge is 2.42. The number of rotatable bonds is 11. The summed E-state index contributed by atoms with van der Waals surface area (Å²) in [6.45, 7) is 0.955. The van der Waals surface area contributed by atoms with Crippen molar-refractivity contribution >= 4 is 34.8 Å². The predicted molar refractivity (Wildman–Crippen MR) is 148 cm³/mol. The summed E-state index contributed by atoms with van der Waals surface area (Å²) in [6, 6.07) is 24.3. The van der Waals surface area contributed by atoms with Crippen LogP contribution in [0.1, 0.15) is 17.5 Å². The van der Waals surface area contributed by atoms with Gasteiger partial charge in [0.15, 0.2) is 16.6 Å². The Morgan fingerprint density at radius 1 is 0.865 bits per heavy atom. The molecule has 3 aromatic carbocycles. The minimum absolute atomic E-state index is 0.0155. The fraction of sp³-hybridized carbons (Fsp3) is 0.276. The van der Waals surface area contributed by atoms with Gasteiger partial charge in [0.25, 0.3) is 5.91 Å². The summed E-state index contributed by atoms with van der Waals surface area (Å²) in [4.78, 5) is 29.9. The Morgan fingerprint density at radius 2 is 1.51 bits per heavy atom. The van der Waals surface area contributed by atoms with Gasteiger partial charge in [-0.2, -0.15) is 0 Å². The van der Waals surface area contributed by atoms with Crippen LogP contribution in [-0.4, -0.2) is 60.1 Å². The molecule has 0 saturated carbocycles. The lowest BCUT2D eigenvalue weighted by atomic mass is 10.1. The van der Waals surface area contributed by atoms with Gasteiger partial charge < -0.3 is 19.7 Å². The lowest BCUT2D eigenvalue weighted by Gasteiger charge is -2.24. The molecule has 1 unspecified atom stereocenters.